The Balaban J connectivity index is 3.71. The lowest BCUT2D eigenvalue weighted by Crippen LogP contribution is -2.28. The summed E-state index contributed by atoms with van der Waals surface area (Å²) in [6.45, 7) is 3.94. The lowest BCUT2D eigenvalue weighted by Gasteiger charge is -2.15. The number of allylic oxidation sites excluding steroid dienone is 12. The number of rotatable bonds is 32. The molecular weight excluding hydrogens is 572 g/mol. The monoisotopic (exact) mass is 641 g/mol. The van der Waals surface area contributed by atoms with Crippen LogP contribution in [0.25, 0.3) is 0 Å². The first-order valence-electron chi connectivity index (χ1n) is 18.5. The standard InChI is InChI=1S/C41H68O5/c1-3-5-7-9-11-13-15-17-19-20-22-23-25-27-29-31-33-35-40(43)45-38-39(37-42)46-41(44)36-34-32-30-28-26-24-21-18-16-14-12-10-8-6-4-2/h6,8,12,14,17-19,21-23,27,29,39,42H,3-5,7,9-11,13,15-16,20,24-26,28,30-38H2,1-2H3. The van der Waals surface area contributed by atoms with Gasteiger partial charge in [0.25, 0.3) is 0 Å². The van der Waals surface area contributed by atoms with Crippen LogP contribution < -0.4 is 0 Å². The molecule has 0 rings (SSSR count). The van der Waals surface area contributed by atoms with Crippen molar-refractivity contribution in [1.82, 2.24) is 0 Å². The Morgan fingerprint density at radius 1 is 0.522 bits per heavy atom. The molecule has 1 unspecified atom stereocenters. The fourth-order valence-electron chi connectivity index (χ4n) is 4.70. The van der Waals surface area contributed by atoms with Crippen molar-refractivity contribution in [2.24, 2.45) is 0 Å². The molecule has 262 valence electrons. The molecule has 0 aromatic heterocycles. The third kappa shape index (κ3) is 34.2. The van der Waals surface area contributed by atoms with Crippen molar-refractivity contribution in [3.63, 3.8) is 0 Å². The average molecular weight is 641 g/mol. The quantitative estimate of drug-likeness (QED) is 0.0450. The molecule has 0 heterocycles. The van der Waals surface area contributed by atoms with Gasteiger partial charge in [-0.15, -0.1) is 0 Å². The fraction of sp³-hybridized carbons (Fsp3) is 0.659. The van der Waals surface area contributed by atoms with Gasteiger partial charge in [0.05, 0.1) is 6.61 Å². The second-order valence-electron chi connectivity index (χ2n) is 11.9. The van der Waals surface area contributed by atoms with Crippen LogP contribution in [-0.4, -0.2) is 36.4 Å². The van der Waals surface area contributed by atoms with Crippen LogP contribution in [0.3, 0.4) is 0 Å². The normalized spacial score (nSPS) is 13.0. The number of carbonyl (C=O) groups excluding carboxylic acids is 2. The number of aliphatic hydroxyl groups is 1. The number of carbonyl (C=O) groups is 2. The summed E-state index contributed by atoms with van der Waals surface area (Å²) in [6, 6.07) is 0. The highest BCUT2D eigenvalue weighted by Gasteiger charge is 2.15. The minimum absolute atomic E-state index is 0.103. The maximum atomic E-state index is 12.1. The minimum atomic E-state index is -0.803. The van der Waals surface area contributed by atoms with Crippen LogP contribution >= 0.6 is 0 Å². The SMILES string of the molecule is CCC=CCC=CCC=CCCCCCCCC(=O)OC(CO)COC(=O)CCCC=CCC=CCC=CCCCCCCCC. The molecule has 1 N–H and O–H groups in total. The van der Waals surface area contributed by atoms with Gasteiger partial charge in [0.1, 0.15) is 6.61 Å². The zero-order chi connectivity index (χ0) is 33.6. The van der Waals surface area contributed by atoms with Crippen LogP contribution in [0.5, 0.6) is 0 Å². The molecule has 5 heteroatoms. The summed E-state index contributed by atoms with van der Waals surface area (Å²) in [7, 11) is 0. The molecule has 0 radical (unpaired) electrons. The molecule has 0 saturated carbocycles. The molecule has 0 aromatic carbocycles. The van der Waals surface area contributed by atoms with E-state index < -0.39 is 6.10 Å². The van der Waals surface area contributed by atoms with E-state index in [1.807, 2.05) is 0 Å². The number of hydrogen-bond donors (Lipinski definition) is 1. The van der Waals surface area contributed by atoms with Crippen LogP contribution in [0.2, 0.25) is 0 Å². The van der Waals surface area contributed by atoms with Gasteiger partial charge in [-0.3, -0.25) is 9.59 Å². The van der Waals surface area contributed by atoms with Crippen molar-refractivity contribution in [2.45, 2.75) is 161 Å². The summed E-state index contributed by atoms with van der Waals surface area (Å²) in [5.74, 6) is -0.679. The van der Waals surface area contributed by atoms with Gasteiger partial charge in [0, 0.05) is 12.8 Å². The van der Waals surface area contributed by atoms with Gasteiger partial charge in [-0.05, 0) is 77.0 Å². The summed E-state index contributed by atoms with van der Waals surface area (Å²) in [4.78, 5) is 24.2. The summed E-state index contributed by atoms with van der Waals surface area (Å²) < 4.78 is 10.5. The smallest absolute Gasteiger partial charge is 0.306 e. The summed E-state index contributed by atoms with van der Waals surface area (Å²) in [6.07, 6.45) is 48.2. The second kappa shape index (κ2) is 36.8. The summed E-state index contributed by atoms with van der Waals surface area (Å²) >= 11 is 0. The van der Waals surface area contributed by atoms with Gasteiger partial charge in [-0.25, -0.2) is 0 Å². The first-order chi connectivity index (χ1) is 22.6. The van der Waals surface area contributed by atoms with Gasteiger partial charge in [0.15, 0.2) is 6.10 Å². The zero-order valence-corrected chi connectivity index (χ0v) is 29.6. The predicted molar refractivity (Wildman–Crippen MR) is 196 cm³/mol. The van der Waals surface area contributed by atoms with E-state index in [4.69, 9.17) is 9.47 Å². The minimum Gasteiger partial charge on any atom is -0.462 e. The van der Waals surface area contributed by atoms with Gasteiger partial charge >= 0.3 is 11.9 Å². The Morgan fingerprint density at radius 3 is 1.48 bits per heavy atom. The highest BCUT2D eigenvalue weighted by molar-refractivity contribution is 5.70. The number of hydrogen-bond acceptors (Lipinski definition) is 5. The second-order valence-corrected chi connectivity index (χ2v) is 11.9. The number of ether oxygens (including phenoxy) is 2. The maximum absolute atomic E-state index is 12.1. The molecule has 1 atom stereocenters. The van der Waals surface area contributed by atoms with E-state index in [-0.39, 0.29) is 25.2 Å². The molecule has 0 aliphatic heterocycles. The molecule has 0 saturated heterocycles. The summed E-state index contributed by atoms with van der Waals surface area (Å²) in [5, 5.41) is 9.53. The van der Waals surface area contributed by atoms with Crippen LogP contribution in [-0.2, 0) is 19.1 Å². The third-order valence-corrected chi connectivity index (χ3v) is 7.48. The fourth-order valence-corrected chi connectivity index (χ4v) is 4.70. The highest BCUT2D eigenvalue weighted by atomic mass is 16.6. The zero-order valence-electron chi connectivity index (χ0n) is 29.6. The van der Waals surface area contributed by atoms with Gasteiger partial charge in [0.2, 0.25) is 0 Å². The Hall–Kier alpha value is -2.66. The summed E-state index contributed by atoms with van der Waals surface area (Å²) in [5.41, 5.74) is 0. The van der Waals surface area contributed by atoms with Crippen molar-refractivity contribution in [3.05, 3.63) is 72.9 Å². The van der Waals surface area contributed by atoms with E-state index in [2.05, 4.69) is 86.8 Å². The van der Waals surface area contributed by atoms with Crippen molar-refractivity contribution in [1.29, 1.82) is 0 Å². The molecule has 5 nitrogen and oxygen atoms in total. The van der Waals surface area contributed by atoms with Gasteiger partial charge < -0.3 is 14.6 Å². The molecule has 0 aromatic rings. The molecule has 0 amide bonds. The van der Waals surface area contributed by atoms with Crippen LogP contribution in [0.1, 0.15) is 155 Å². The topological polar surface area (TPSA) is 72.8 Å². The molecule has 0 aliphatic rings. The molecule has 0 spiro atoms. The Bertz CT molecular complexity index is 864. The van der Waals surface area contributed by atoms with E-state index in [0.717, 1.165) is 77.0 Å². The maximum Gasteiger partial charge on any atom is 0.306 e. The predicted octanol–water partition coefficient (Wildman–Crippen LogP) is 11.4. The van der Waals surface area contributed by atoms with Crippen molar-refractivity contribution < 1.29 is 24.2 Å². The average Bonchev–Trinajstić information content (AvgIpc) is 3.06. The Labute approximate surface area is 283 Å². The van der Waals surface area contributed by atoms with Crippen LogP contribution in [0.4, 0.5) is 0 Å². The van der Waals surface area contributed by atoms with Crippen LogP contribution in [0.15, 0.2) is 72.9 Å². The Morgan fingerprint density at radius 2 is 0.957 bits per heavy atom. The number of aliphatic hydroxyl groups excluding tert-OH is 1. The first kappa shape index (κ1) is 43.3. The van der Waals surface area contributed by atoms with E-state index >= 15 is 0 Å². The van der Waals surface area contributed by atoms with Crippen molar-refractivity contribution in [2.75, 3.05) is 13.2 Å². The Kier molecular flexibility index (Phi) is 34.7. The van der Waals surface area contributed by atoms with E-state index in [9.17, 15) is 14.7 Å². The lowest BCUT2D eigenvalue weighted by atomic mass is 10.1. The van der Waals surface area contributed by atoms with Gasteiger partial charge in [-0.1, -0.05) is 138 Å². The molecule has 0 fully saturated rings. The van der Waals surface area contributed by atoms with Crippen molar-refractivity contribution >= 4 is 11.9 Å². The highest BCUT2D eigenvalue weighted by Crippen LogP contribution is 2.10. The third-order valence-electron chi connectivity index (χ3n) is 7.48. The molecular formula is C41H68O5. The van der Waals surface area contributed by atoms with Gasteiger partial charge in [-0.2, -0.15) is 0 Å². The number of unbranched alkanes of at least 4 members (excludes halogenated alkanes) is 12. The molecule has 0 bridgehead atoms. The van der Waals surface area contributed by atoms with Crippen molar-refractivity contribution in [3.8, 4) is 0 Å². The van der Waals surface area contributed by atoms with E-state index in [1.54, 1.807) is 0 Å². The molecule has 46 heavy (non-hydrogen) atoms. The first-order valence-corrected chi connectivity index (χ1v) is 18.5. The lowest BCUT2D eigenvalue weighted by molar-refractivity contribution is -0.161. The molecule has 0 aliphatic carbocycles. The number of esters is 2. The van der Waals surface area contributed by atoms with E-state index in [0.29, 0.717) is 19.3 Å². The van der Waals surface area contributed by atoms with Crippen LogP contribution in [0, 0.1) is 0 Å². The van der Waals surface area contributed by atoms with E-state index in [1.165, 1.54) is 44.9 Å². The largest absolute Gasteiger partial charge is 0.462 e.